The first kappa shape index (κ1) is 11.5. The molecule has 0 aliphatic heterocycles. The van der Waals surface area contributed by atoms with E-state index in [2.05, 4.69) is 4.98 Å². The largest absolute Gasteiger partial charge is 0.481 e. The molecule has 0 aliphatic carbocycles. The van der Waals surface area contributed by atoms with Gasteiger partial charge in [-0.25, -0.2) is 9.37 Å². The molecule has 0 radical (unpaired) electrons. The van der Waals surface area contributed by atoms with E-state index in [1.165, 1.54) is 19.2 Å². The maximum atomic E-state index is 13.1. The Morgan fingerprint density at radius 1 is 1.29 bits per heavy atom. The lowest BCUT2D eigenvalue weighted by molar-refractivity contribution is 0.275. The highest BCUT2D eigenvalue weighted by atomic mass is 19.1. The number of aliphatic hydroxyl groups excluding tert-OH is 1. The molecule has 0 aliphatic rings. The fraction of sp³-hybridized carbons (Fsp3) is 0.154. The van der Waals surface area contributed by atoms with Crippen molar-refractivity contribution in [3.8, 4) is 17.0 Å². The van der Waals surface area contributed by atoms with Gasteiger partial charge in [0.2, 0.25) is 5.88 Å². The minimum atomic E-state index is -0.317. The molecule has 1 heterocycles. The predicted octanol–water partition coefficient (Wildman–Crippen LogP) is 2.39. The van der Waals surface area contributed by atoms with Crippen molar-refractivity contribution in [1.29, 1.82) is 0 Å². The number of rotatable bonds is 3. The number of hydrogen-bond acceptors (Lipinski definition) is 3. The molecule has 4 heteroatoms. The maximum absolute atomic E-state index is 13.1. The van der Waals surface area contributed by atoms with Gasteiger partial charge < -0.3 is 9.84 Å². The minimum absolute atomic E-state index is 0.219. The molecule has 1 N–H and O–H groups in total. The number of halogens is 1. The second kappa shape index (κ2) is 4.93. The van der Waals surface area contributed by atoms with Gasteiger partial charge in [-0.1, -0.05) is 12.1 Å². The zero-order chi connectivity index (χ0) is 12.3. The lowest BCUT2D eigenvalue weighted by atomic mass is 10.0. The van der Waals surface area contributed by atoms with E-state index >= 15 is 0 Å². The van der Waals surface area contributed by atoms with Gasteiger partial charge in [0, 0.05) is 11.6 Å². The Balaban J connectivity index is 2.51. The van der Waals surface area contributed by atoms with E-state index in [4.69, 9.17) is 4.74 Å². The molecule has 3 nitrogen and oxygen atoms in total. The van der Waals surface area contributed by atoms with Crippen molar-refractivity contribution in [2.24, 2.45) is 0 Å². The Bertz CT molecular complexity index is 529. The van der Waals surface area contributed by atoms with Crippen molar-refractivity contribution < 1.29 is 14.2 Å². The highest BCUT2D eigenvalue weighted by Gasteiger charge is 2.08. The van der Waals surface area contributed by atoms with Gasteiger partial charge in [-0.15, -0.1) is 0 Å². The molecule has 0 unspecified atom stereocenters. The maximum Gasteiger partial charge on any atom is 0.213 e. The van der Waals surface area contributed by atoms with Crippen LogP contribution in [0.4, 0.5) is 4.39 Å². The second-order valence-corrected chi connectivity index (χ2v) is 3.52. The topological polar surface area (TPSA) is 42.4 Å². The summed E-state index contributed by atoms with van der Waals surface area (Å²) in [5.41, 5.74) is 1.85. The van der Waals surface area contributed by atoms with Crippen molar-refractivity contribution in [3.05, 3.63) is 47.9 Å². The van der Waals surface area contributed by atoms with Gasteiger partial charge in [-0.3, -0.25) is 0 Å². The van der Waals surface area contributed by atoms with Gasteiger partial charge in [-0.05, 0) is 23.8 Å². The number of nitrogens with zero attached hydrogens (tertiary/aromatic N) is 1. The Kier molecular flexibility index (Phi) is 3.35. The van der Waals surface area contributed by atoms with E-state index in [1.807, 2.05) is 0 Å². The summed E-state index contributed by atoms with van der Waals surface area (Å²) in [6.45, 7) is -0.219. The molecule has 0 atom stereocenters. The van der Waals surface area contributed by atoms with Crippen molar-refractivity contribution in [1.82, 2.24) is 4.98 Å². The first-order chi connectivity index (χ1) is 8.24. The Morgan fingerprint density at radius 2 is 2.12 bits per heavy atom. The third-order valence-corrected chi connectivity index (χ3v) is 2.44. The summed E-state index contributed by atoms with van der Waals surface area (Å²) in [4.78, 5) is 4.12. The monoisotopic (exact) mass is 233 g/mol. The van der Waals surface area contributed by atoms with E-state index in [1.54, 1.807) is 24.3 Å². The average Bonchev–Trinajstić information content (AvgIpc) is 2.38. The van der Waals surface area contributed by atoms with Crippen LogP contribution in [-0.4, -0.2) is 17.2 Å². The molecule has 0 fully saturated rings. The third-order valence-electron chi connectivity index (χ3n) is 2.44. The fourth-order valence-corrected chi connectivity index (χ4v) is 1.63. The molecule has 17 heavy (non-hydrogen) atoms. The van der Waals surface area contributed by atoms with Crippen LogP contribution in [0.2, 0.25) is 0 Å². The lowest BCUT2D eigenvalue weighted by Gasteiger charge is -2.08. The predicted molar refractivity (Wildman–Crippen MR) is 62.1 cm³/mol. The number of benzene rings is 1. The van der Waals surface area contributed by atoms with Crippen LogP contribution in [0.1, 0.15) is 5.69 Å². The van der Waals surface area contributed by atoms with Crippen molar-refractivity contribution in [2.75, 3.05) is 7.11 Å². The van der Waals surface area contributed by atoms with Crippen LogP contribution in [0.25, 0.3) is 11.1 Å². The van der Waals surface area contributed by atoms with Gasteiger partial charge in [0.25, 0.3) is 0 Å². The van der Waals surface area contributed by atoms with E-state index in [0.29, 0.717) is 22.7 Å². The molecule has 0 saturated heterocycles. The Labute approximate surface area is 98.5 Å². The molecule has 2 aromatic rings. The van der Waals surface area contributed by atoms with Crippen LogP contribution in [-0.2, 0) is 6.61 Å². The van der Waals surface area contributed by atoms with Crippen LogP contribution in [0.3, 0.4) is 0 Å². The smallest absolute Gasteiger partial charge is 0.213 e. The number of pyridine rings is 1. The summed E-state index contributed by atoms with van der Waals surface area (Å²) in [7, 11) is 1.51. The molecule has 0 bridgehead atoms. The number of hydrogen-bond donors (Lipinski definition) is 1. The summed E-state index contributed by atoms with van der Waals surface area (Å²) >= 11 is 0. The van der Waals surface area contributed by atoms with Gasteiger partial charge in [-0.2, -0.15) is 0 Å². The van der Waals surface area contributed by atoms with E-state index in [-0.39, 0.29) is 12.4 Å². The Hall–Kier alpha value is -1.94. The molecule has 88 valence electrons. The van der Waals surface area contributed by atoms with Gasteiger partial charge >= 0.3 is 0 Å². The second-order valence-electron chi connectivity index (χ2n) is 3.52. The van der Waals surface area contributed by atoms with E-state index in [9.17, 15) is 9.50 Å². The lowest BCUT2D eigenvalue weighted by Crippen LogP contribution is -1.97. The first-order valence-electron chi connectivity index (χ1n) is 5.15. The van der Waals surface area contributed by atoms with Crippen molar-refractivity contribution in [3.63, 3.8) is 0 Å². The summed E-state index contributed by atoms with van der Waals surface area (Å²) in [5, 5.41) is 9.26. The molecule has 1 aromatic carbocycles. The number of ether oxygens (including phenoxy) is 1. The fourth-order valence-electron chi connectivity index (χ4n) is 1.63. The molecule has 0 saturated carbocycles. The van der Waals surface area contributed by atoms with Crippen molar-refractivity contribution >= 4 is 0 Å². The van der Waals surface area contributed by atoms with Crippen LogP contribution < -0.4 is 4.74 Å². The Morgan fingerprint density at radius 3 is 2.76 bits per heavy atom. The summed E-state index contributed by atoms with van der Waals surface area (Å²) in [6, 6.07) is 9.61. The molecular formula is C13H12FNO2. The third kappa shape index (κ3) is 2.42. The van der Waals surface area contributed by atoms with Crippen LogP contribution >= 0.6 is 0 Å². The minimum Gasteiger partial charge on any atom is -0.481 e. The molecule has 0 amide bonds. The zero-order valence-electron chi connectivity index (χ0n) is 9.35. The quantitative estimate of drug-likeness (QED) is 0.885. The molecule has 0 spiro atoms. The van der Waals surface area contributed by atoms with E-state index in [0.717, 1.165) is 0 Å². The van der Waals surface area contributed by atoms with Crippen molar-refractivity contribution in [2.45, 2.75) is 6.61 Å². The zero-order valence-corrected chi connectivity index (χ0v) is 9.35. The highest BCUT2D eigenvalue weighted by molar-refractivity contribution is 5.66. The molecule has 1 aromatic heterocycles. The summed E-state index contributed by atoms with van der Waals surface area (Å²) in [5.74, 6) is 0.108. The average molecular weight is 233 g/mol. The summed E-state index contributed by atoms with van der Waals surface area (Å²) < 4.78 is 18.1. The number of aromatic nitrogens is 1. The highest BCUT2D eigenvalue weighted by Crippen LogP contribution is 2.25. The molecule has 2 rings (SSSR count). The van der Waals surface area contributed by atoms with Gasteiger partial charge in [0.05, 0.1) is 19.4 Å². The number of methoxy groups -OCH3 is 1. The SMILES string of the molecule is COc1ccc(-c2cccc(F)c2)c(CO)n1. The number of aliphatic hydroxyl groups is 1. The first-order valence-corrected chi connectivity index (χ1v) is 5.15. The summed E-state index contributed by atoms with van der Waals surface area (Å²) in [6.07, 6.45) is 0. The van der Waals surface area contributed by atoms with Gasteiger partial charge in [0.15, 0.2) is 0 Å². The standard InChI is InChI=1S/C13H12FNO2/c1-17-13-6-5-11(12(8-16)15-13)9-3-2-4-10(14)7-9/h2-7,16H,8H2,1H3. The van der Waals surface area contributed by atoms with Crippen LogP contribution in [0.5, 0.6) is 5.88 Å². The van der Waals surface area contributed by atoms with E-state index < -0.39 is 0 Å². The van der Waals surface area contributed by atoms with Crippen LogP contribution in [0, 0.1) is 5.82 Å². The van der Waals surface area contributed by atoms with Gasteiger partial charge in [0.1, 0.15) is 5.82 Å². The normalized spacial score (nSPS) is 10.3. The molecular weight excluding hydrogens is 221 g/mol. The van der Waals surface area contributed by atoms with Crippen LogP contribution in [0.15, 0.2) is 36.4 Å².